The zero-order valence-corrected chi connectivity index (χ0v) is 11.3. The van der Waals surface area contributed by atoms with Crippen LogP contribution in [0.1, 0.15) is 16.8 Å². The van der Waals surface area contributed by atoms with Gasteiger partial charge in [-0.05, 0) is 38.1 Å². The number of anilines is 1. The third-order valence-corrected chi connectivity index (χ3v) is 3.05. The minimum Gasteiger partial charge on any atom is -0.496 e. The van der Waals surface area contributed by atoms with Gasteiger partial charge in [-0.2, -0.15) is 0 Å². The molecule has 0 unspecified atom stereocenters. The summed E-state index contributed by atoms with van der Waals surface area (Å²) in [6.07, 6.45) is 1.80. The molecule has 0 saturated carbocycles. The number of hydrogen-bond donors (Lipinski definition) is 1. The molecule has 0 radical (unpaired) electrons. The highest BCUT2D eigenvalue weighted by Crippen LogP contribution is 2.24. The van der Waals surface area contributed by atoms with Crippen LogP contribution in [0.2, 0.25) is 0 Å². The lowest BCUT2D eigenvalue weighted by Crippen LogP contribution is -2.06. The number of hydrogen-bond acceptors (Lipinski definition) is 3. The van der Waals surface area contributed by atoms with Crippen molar-refractivity contribution in [2.75, 3.05) is 12.4 Å². The Bertz CT molecular complexity index is 567. The average Bonchev–Trinajstić information content (AvgIpc) is 2.40. The summed E-state index contributed by atoms with van der Waals surface area (Å²) in [5.74, 6) is 0.628. The molecule has 0 bridgehead atoms. The Kier molecular flexibility index (Phi) is 4.00. The maximum atomic E-state index is 12.8. The van der Waals surface area contributed by atoms with Crippen molar-refractivity contribution < 1.29 is 9.13 Å². The lowest BCUT2D eigenvalue weighted by atomic mass is 10.1. The van der Waals surface area contributed by atoms with Crippen LogP contribution in [0.4, 0.5) is 10.1 Å². The molecule has 0 fully saturated rings. The molecular weight excluding hydrogens is 243 g/mol. The van der Waals surface area contributed by atoms with E-state index in [0.717, 1.165) is 28.3 Å². The van der Waals surface area contributed by atoms with Gasteiger partial charge in [0.15, 0.2) is 0 Å². The first-order valence-electron chi connectivity index (χ1n) is 6.10. The van der Waals surface area contributed by atoms with Crippen molar-refractivity contribution in [3.05, 3.63) is 53.1 Å². The van der Waals surface area contributed by atoms with Crippen LogP contribution in [0.15, 0.2) is 30.5 Å². The minimum absolute atomic E-state index is 0.239. The molecule has 1 heterocycles. The topological polar surface area (TPSA) is 34.1 Å². The first-order valence-corrected chi connectivity index (χ1v) is 6.10. The quantitative estimate of drug-likeness (QED) is 0.914. The van der Waals surface area contributed by atoms with Gasteiger partial charge in [0.05, 0.1) is 19.3 Å². The van der Waals surface area contributed by atoms with Crippen molar-refractivity contribution in [3.63, 3.8) is 0 Å². The second-order valence-electron chi connectivity index (χ2n) is 4.41. The van der Waals surface area contributed by atoms with Crippen LogP contribution in [0.5, 0.6) is 5.75 Å². The molecule has 2 aromatic rings. The number of benzene rings is 1. The first kappa shape index (κ1) is 13.3. The summed E-state index contributed by atoms with van der Waals surface area (Å²) in [5.41, 5.74) is 3.83. The van der Waals surface area contributed by atoms with Crippen LogP contribution < -0.4 is 10.1 Å². The largest absolute Gasteiger partial charge is 0.496 e. The number of aryl methyl sites for hydroxylation is 1. The van der Waals surface area contributed by atoms with Crippen LogP contribution in [0.25, 0.3) is 0 Å². The highest BCUT2D eigenvalue weighted by atomic mass is 19.1. The highest BCUT2D eigenvalue weighted by molar-refractivity contribution is 5.46. The van der Waals surface area contributed by atoms with Gasteiger partial charge in [0.25, 0.3) is 0 Å². The predicted octanol–water partition coefficient (Wildman–Crippen LogP) is 3.46. The Labute approximate surface area is 112 Å². The molecule has 0 spiro atoms. The summed E-state index contributed by atoms with van der Waals surface area (Å²) < 4.78 is 18.2. The van der Waals surface area contributed by atoms with Crippen molar-refractivity contribution in [3.8, 4) is 5.75 Å². The smallest absolute Gasteiger partial charge is 0.128 e. The molecule has 0 aliphatic heterocycles. The third-order valence-electron chi connectivity index (χ3n) is 3.05. The highest BCUT2D eigenvalue weighted by Gasteiger charge is 2.09. The molecule has 3 nitrogen and oxygen atoms in total. The van der Waals surface area contributed by atoms with Gasteiger partial charge in [-0.3, -0.25) is 4.98 Å². The van der Waals surface area contributed by atoms with E-state index in [1.807, 2.05) is 13.8 Å². The van der Waals surface area contributed by atoms with Gasteiger partial charge in [0, 0.05) is 23.0 Å². The van der Waals surface area contributed by atoms with Crippen molar-refractivity contribution in [1.29, 1.82) is 0 Å². The van der Waals surface area contributed by atoms with Crippen LogP contribution in [-0.4, -0.2) is 12.1 Å². The Morgan fingerprint density at radius 2 is 1.89 bits per heavy atom. The van der Waals surface area contributed by atoms with Crippen LogP contribution >= 0.6 is 0 Å². The summed E-state index contributed by atoms with van der Waals surface area (Å²) in [6.45, 7) is 4.53. The van der Waals surface area contributed by atoms with Gasteiger partial charge >= 0.3 is 0 Å². The fraction of sp³-hybridized carbons (Fsp3) is 0.267. The molecule has 19 heavy (non-hydrogen) atoms. The predicted molar refractivity (Wildman–Crippen MR) is 74.0 cm³/mol. The van der Waals surface area contributed by atoms with Crippen molar-refractivity contribution in [2.24, 2.45) is 0 Å². The summed E-state index contributed by atoms with van der Waals surface area (Å²) in [4.78, 5) is 4.40. The molecule has 4 heteroatoms. The average molecular weight is 260 g/mol. The lowest BCUT2D eigenvalue weighted by Gasteiger charge is -2.13. The van der Waals surface area contributed by atoms with Gasteiger partial charge < -0.3 is 10.1 Å². The van der Waals surface area contributed by atoms with Gasteiger partial charge in [-0.25, -0.2) is 4.39 Å². The van der Waals surface area contributed by atoms with E-state index in [9.17, 15) is 4.39 Å². The SMILES string of the molecule is COc1c(C)cnc(CNc2ccc(F)cc2)c1C. The molecule has 100 valence electrons. The maximum absolute atomic E-state index is 12.8. The van der Waals surface area contributed by atoms with Crippen LogP contribution in [0, 0.1) is 19.7 Å². The fourth-order valence-electron chi connectivity index (χ4n) is 2.00. The Balaban J connectivity index is 2.13. The van der Waals surface area contributed by atoms with Crippen molar-refractivity contribution >= 4 is 5.69 Å². The second-order valence-corrected chi connectivity index (χ2v) is 4.41. The number of nitrogens with zero attached hydrogens (tertiary/aromatic N) is 1. The molecular formula is C15H17FN2O. The number of halogens is 1. The van der Waals surface area contributed by atoms with E-state index in [1.54, 1.807) is 25.4 Å². The number of aromatic nitrogens is 1. The Morgan fingerprint density at radius 3 is 2.53 bits per heavy atom. The minimum atomic E-state index is -0.239. The fourth-order valence-corrected chi connectivity index (χ4v) is 2.00. The number of pyridine rings is 1. The molecule has 2 rings (SSSR count). The van der Waals surface area contributed by atoms with Crippen molar-refractivity contribution in [1.82, 2.24) is 4.98 Å². The van der Waals surface area contributed by atoms with Gasteiger partial charge in [0.1, 0.15) is 11.6 Å². The second kappa shape index (κ2) is 5.69. The zero-order valence-electron chi connectivity index (χ0n) is 11.3. The van der Waals surface area contributed by atoms with Gasteiger partial charge in [-0.15, -0.1) is 0 Å². The molecule has 1 N–H and O–H groups in total. The summed E-state index contributed by atoms with van der Waals surface area (Å²) in [7, 11) is 1.66. The van der Waals surface area contributed by atoms with Crippen LogP contribution in [-0.2, 0) is 6.54 Å². The maximum Gasteiger partial charge on any atom is 0.128 e. The molecule has 1 aromatic carbocycles. The zero-order chi connectivity index (χ0) is 13.8. The van der Waals surface area contributed by atoms with E-state index < -0.39 is 0 Å². The summed E-state index contributed by atoms with van der Waals surface area (Å²) in [6, 6.07) is 6.27. The number of methoxy groups -OCH3 is 1. The Morgan fingerprint density at radius 1 is 1.21 bits per heavy atom. The van der Waals surface area contributed by atoms with Gasteiger partial charge in [-0.1, -0.05) is 0 Å². The molecule has 0 aliphatic carbocycles. The summed E-state index contributed by atoms with van der Waals surface area (Å²) >= 11 is 0. The first-order chi connectivity index (χ1) is 9.11. The molecule has 1 aromatic heterocycles. The molecule has 0 atom stereocenters. The van der Waals surface area contributed by atoms with E-state index in [1.165, 1.54) is 12.1 Å². The van der Waals surface area contributed by atoms with Crippen molar-refractivity contribution in [2.45, 2.75) is 20.4 Å². The van der Waals surface area contributed by atoms with E-state index in [0.29, 0.717) is 6.54 Å². The standard InChI is InChI=1S/C15H17FN2O/c1-10-8-18-14(11(2)15(10)19-3)9-17-13-6-4-12(16)5-7-13/h4-8,17H,9H2,1-3H3. The monoisotopic (exact) mass is 260 g/mol. The van der Waals surface area contributed by atoms with E-state index in [-0.39, 0.29) is 5.82 Å². The third kappa shape index (κ3) is 3.02. The van der Waals surface area contributed by atoms with Gasteiger partial charge in [0.2, 0.25) is 0 Å². The lowest BCUT2D eigenvalue weighted by molar-refractivity contribution is 0.407. The summed E-state index contributed by atoms with van der Waals surface area (Å²) in [5, 5.41) is 3.22. The van der Waals surface area contributed by atoms with E-state index in [2.05, 4.69) is 10.3 Å². The molecule has 0 amide bonds. The van der Waals surface area contributed by atoms with E-state index >= 15 is 0 Å². The van der Waals surface area contributed by atoms with E-state index in [4.69, 9.17) is 4.74 Å². The Hall–Kier alpha value is -2.10. The number of ether oxygens (including phenoxy) is 1. The van der Waals surface area contributed by atoms with Crippen LogP contribution in [0.3, 0.4) is 0 Å². The number of nitrogens with one attached hydrogen (secondary N) is 1. The molecule has 0 saturated heterocycles. The molecule has 0 aliphatic rings. The normalized spacial score (nSPS) is 10.3. The number of rotatable bonds is 4.